The zero-order valence-corrected chi connectivity index (χ0v) is 20.1. The Labute approximate surface area is 205 Å². The maximum atomic E-state index is 9.26. The van der Waals surface area contributed by atoms with E-state index in [2.05, 4.69) is 42.3 Å². The molecular formula is C28H29N5O2. The molecule has 1 saturated heterocycles. The molecule has 0 N–H and O–H groups in total. The lowest BCUT2D eigenvalue weighted by atomic mass is 9.98. The number of fused-ring (bicyclic) bond motifs is 1. The molecule has 5 rings (SSSR count). The van der Waals surface area contributed by atoms with Gasteiger partial charge in [-0.15, -0.1) is 0 Å². The molecule has 3 heterocycles. The highest BCUT2D eigenvalue weighted by molar-refractivity contribution is 5.90. The molecule has 0 bridgehead atoms. The molecule has 4 aromatic rings. The Bertz CT molecular complexity index is 1340. The van der Waals surface area contributed by atoms with Crippen molar-refractivity contribution in [1.29, 1.82) is 5.26 Å². The molecule has 1 aliphatic heterocycles. The normalized spacial score (nSPS) is 16.3. The van der Waals surface area contributed by atoms with Crippen molar-refractivity contribution < 1.29 is 9.47 Å². The summed E-state index contributed by atoms with van der Waals surface area (Å²) < 4.78 is 13.5. The molecule has 1 atom stereocenters. The largest absolute Gasteiger partial charge is 0.464 e. The number of nitriles is 1. The summed E-state index contributed by atoms with van der Waals surface area (Å²) in [4.78, 5) is 12.1. The average molecular weight is 468 g/mol. The van der Waals surface area contributed by atoms with Gasteiger partial charge in [-0.3, -0.25) is 4.40 Å². The van der Waals surface area contributed by atoms with Crippen LogP contribution >= 0.6 is 0 Å². The first kappa shape index (κ1) is 23.0. The predicted molar refractivity (Wildman–Crippen MR) is 135 cm³/mol. The van der Waals surface area contributed by atoms with Crippen molar-refractivity contribution in [2.24, 2.45) is 5.92 Å². The molecule has 7 nitrogen and oxygen atoms in total. The lowest BCUT2D eigenvalue weighted by Crippen LogP contribution is -2.35. The van der Waals surface area contributed by atoms with E-state index in [1.807, 2.05) is 34.9 Å². The Kier molecular flexibility index (Phi) is 6.75. The predicted octanol–water partition coefficient (Wildman–Crippen LogP) is 4.80. The third kappa shape index (κ3) is 4.90. The van der Waals surface area contributed by atoms with Gasteiger partial charge in [-0.25, -0.2) is 4.98 Å². The summed E-state index contributed by atoms with van der Waals surface area (Å²) in [5.41, 5.74) is 6.12. The van der Waals surface area contributed by atoms with Crippen LogP contribution in [-0.4, -0.2) is 53.1 Å². The summed E-state index contributed by atoms with van der Waals surface area (Å²) >= 11 is 0. The average Bonchev–Trinajstić information content (AvgIpc) is 3.38. The molecule has 2 aromatic heterocycles. The smallest absolute Gasteiger partial charge is 0.302 e. The van der Waals surface area contributed by atoms with Crippen molar-refractivity contribution in [2.45, 2.75) is 19.4 Å². The van der Waals surface area contributed by atoms with Crippen molar-refractivity contribution in [1.82, 2.24) is 19.3 Å². The Morgan fingerprint density at radius 1 is 1.09 bits per heavy atom. The van der Waals surface area contributed by atoms with Crippen LogP contribution in [0.2, 0.25) is 0 Å². The molecule has 1 fully saturated rings. The Morgan fingerprint density at radius 3 is 2.57 bits per heavy atom. The van der Waals surface area contributed by atoms with E-state index < -0.39 is 0 Å². The van der Waals surface area contributed by atoms with E-state index in [-0.39, 0.29) is 0 Å². The van der Waals surface area contributed by atoms with E-state index in [1.165, 1.54) is 6.42 Å². The summed E-state index contributed by atoms with van der Waals surface area (Å²) in [6.07, 6.45) is 6.03. The van der Waals surface area contributed by atoms with Crippen molar-refractivity contribution in [3.8, 4) is 34.5 Å². The molecule has 0 aliphatic carbocycles. The molecule has 2 aromatic carbocycles. The van der Waals surface area contributed by atoms with Gasteiger partial charge in [0.1, 0.15) is 0 Å². The van der Waals surface area contributed by atoms with Gasteiger partial charge in [0.15, 0.2) is 5.65 Å². The molecular weight excluding hydrogens is 438 g/mol. The summed E-state index contributed by atoms with van der Waals surface area (Å²) in [5.74, 6) is 0.473. The minimum absolute atomic E-state index is 0.473. The van der Waals surface area contributed by atoms with Crippen LogP contribution in [0.4, 0.5) is 0 Å². The van der Waals surface area contributed by atoms with E-state index in [1.54, 1.807) is 13.3 Å². The first-order valence-electron chi connectivity index (χ1n) is 11.9. The highest BCUT2D eigenvalue weighted by atomic mass is 16.5. The van der Waals surface area contributed by atoms with Gasteiger partial charge in [-0.2, -0.15) is 10.2 Å². The van der Waals surface area contributed by atoms with Gasteiger partial charge >= 0.3 is 6.01 Å². The summed E-state index contributed by atoms with van der Waals surface area (Å²) in [6.45, 7) is 3.34. The fourth-order valence-corrected chi connectivity index (χ4v) is 4.77. The number of hydrogen-bond donors (Lipinski definition) is 0. The quantitative estimate of drug-likeness (QED) is 0.389. The number of ether oxygens (including phenoxy) is 2. The molecule has 178 valence electrons. The molecule has 0 amide bonds. The first-order valence-corrected chi connectivity index (χ1v) is 11.9. The maximum absolute atomic E-state index is 9.26. The van der Waals surface area contributed by atoms with Gasteiger partial charge in [0, 0.05) is 37.5 Å². The van der Waals surface area contributed by atoms with Crippen LogP contribution in [0.5, 0.6) is 6.01 Å². The van der Waals surface area contributed by atoms with Crippen LogP contribution in [0.1, 0.15) is 24.0 Å². The minimum atomic E-state index is 0.473. The van der Waals surface area contributed by atoms with Crippen LogP contribution < -0.4 is 4.74 Å². The SMILES string of the molecule is COCc1ccc(-c2c(-c3ccc(C#N)cc3)nc(OC[C@@H]3CCCN(C)C3)n3ccnc23)cc1. The van der Waals surface area contributed by atoms with E-state index in [0.29, 0.717) is 30.7 Å². The van der Waals surface area contributed by atoms with E-state index >= 15 is 0 Å². The standard InChI is InChI=1S/C28H29N5O2/c1-32-14-3-4-22(17-32)19-35-28-31-26(24-11-5-20(16-29)6-12-24)25(27-30-13-15-33(27)28)23-9-7-21(8-10-23)18-34-2/h5-13,15,22H,3-4,14,17-19H2,1-2H3/t22-/m1/s1. The third-order valence-electron chi connectivity index (χ3n) is 6.53. The maximum Gasteiger partial charge on any atom is 0.302 e. The Morgan fingerprint density at radius 2 is 1.86 bits per heavy atom. The molecule has 7 heteroatoms. The van der Waals surface area contributed by atoms with Crippen molar-refractivity contribution in [3.63, 3.8) is 0 Å². The van der Waals surface area contributed by atoms with Crippen LogP contribution in [0, 0.1) is 17.2 Å². The van der Waals surface area contributed by atoms with E-state index in [0.717, 1.165) is 53.1 Å². The number of hydrogen-bond acceptors (Lipinski definition) is 6. The van der Waals surface area contributed by atoms with Crippen molar-refractivity contribution >= 4 is 5.65 Å². The Balaban J connectivity index is 1.59. The van der Waals surface area contributed by atoms with Crippen LogP contribution in [0.3, 0.4) is 0 Å². The monoisotopic (exact) mass is 467 g/mol. The van der Waals surface area contributed by atoms with Gasteiger partial charge in [0.05, 0.1) is 36.1 Å². The molecule has 0 spiro atoms. The number of likely N-dealkylation sites (tertiary alicyclic amines) is 1. The second-order valence-electron chi connectivity index (χ2n) is 9.14. The number of nitrogens with zero attached hydrogens (tertiary/aromatic N) is 5. The fourth-order valence-electron chi connectivity index (χ4n) is 4.77. The van der Waals surface area contributed by atoms with Crippen molar-refractivity contribution in [3.05, 3.63) is 72.1 Å². The van der Waals surface area contributed by atoms with Gasteiger partial charge in [0.2, 0.25) is 0 Å². The minimum Gasteiger partial charge on any atom is -0.464 e. The number of imidazole rings is 1. The number of methoxy groups -OCH3 is 1. The van der Waals surface area contributed by atoms with Crippen LogP contribution in [-0.2, 0) is 11.3 Å². The highest BCUT2D eigenvalue weighted by Gasteiger charge is 2.22. The van der Waals surface area contributed by atoms with Gasteiger partial charge in [-0.1, -0.05) is 36.4 Å². The Hall–Kier alpha value is -3.73. The molecule has 0 radical (unpaired) electrons. The van der Waals surface area contributed by atoms with Gasteiger partial charge in [-0.05, 0) is 49.7 Å². The van der Waals surface area contributed by atoms with Gasteiger partial charge < -0.3 is 14.4 Å². The highest BCUT2D eigenvalue weighted by Crippen LogP contribution is 2.36. The molecule has 35 heavy (non-hydrogen) atoms. The number of rotatable bonds is 7. The van der Waals surface area contributed by atoms with E-state index in [9.17, 15) is 5.26 Å². The molecule has 1 aliphatic rings. The summed E-state index contributed by atoms with van der Waals surface area (Å²) in [6, 6.07) is 18.5. The number of piperidine rings is 1. The van der Waals surface area contributed by atoms with Crippen molar-refractivity contribution in [2.75, 3.05) is 33.9 Å². The van der Waals surface area contributed by atoms with Crippen LogP contribution in [0.15, 0.2) is 60.9 Å². The lowest BCUT2D eigenvalue weighted by molar-refractivity contribution is 0.143. The number of benzene rings is 2. The van der Waals surface area contributed by atoms with Crippen LogP contribution in [0.25, 0.3) is 28.0 Å². The second-order valence-corrected chi connectivity index (χ2v) is 9.14. The fraction of sp³-hybridized carbons (Fsp3) is 0.321. The second kappa shape index (κ2) is 10.3. The lowest BCUT2D eigenvalue weighted by Gasteiger charge is -2.29. The molecule has 0 unspecified atom stereocenters. The summed E-state index contributed by atoms with van der Waals surface area (Å²) in [5, 5.41) is 9.26. The molecule has 0 saturated carbocycles. The zero-order chi connectivity index (χ0) is 24.2. The van der Waals surface area contributed by atoms with E-state index in [4.69, 9.17) is 19.4 Å². The van der Waals surface area contributed by atoms with Gasteiger partial charge in [0.25, 0.3) is 0 Å². The number of aromatic nitrogens is 3. The zero-order valence-electron chi connectivity index (χ0n) is 20.1. The topological polar surface area (TPSA) is 75.7 Å². The first-order chi connectivity index (χ1) is 17.2. The third-order valence-corrected chi connectivity index (χ3v) is 6.53. The summed E-state index contributed by atoms with van der Waals surface area (Å²) in [7, 11) is 3.85.